The zero-order valence-corrected chi connectivity index (χ0v) is 33.1. The topological polar surface area (TPSA) is 51.8 Å². The molecule has 4 heteroatoms. The van der Waals surface area contributed by atoms with Crippen molar-refractivity contribution >= 4 is 21.9 Å². The van der Waals surface area contributed by atoms with Crippen molar-refractivity contribution in [2.75, 3.05) is 0 Å². The van der Waals surface area contributed by atoms with Crippen LogP contribution in [0.25, 0.3) is 112 Å². The molecule has 2 heterocycles. The van der Waals surface area contributed by atoms with Crippen molar-refractivity contribution in [3.63, 3.8) is 0 Å². The van der Waals surface area contributed by atoms with Crippen LogP contribution in [0.15, 0.2) is 229 Å². The summed E-state index contributed by atoms with van der Waals surface area (Å²) >= 11 is 0. The number of hydrogen-bond donors (Lipinski definition) is 0. The van der Waals surface area contributed by atoms with Crippen LogP contribution in [0, 0.1) is 0 Å². The van der Waals surface area contributed by atoms with Gasteiger partial charge >= 0.3 is 0 Å². The minimum atomic E-state index is 0.575. The van der Waals surface area contributed by atoms with Crippen LogP contribution in [-0.4, -0.2) is 15.0 Å². The molecule has 61 heavy (non-hydrogen) atoms. The summed E-state index contributed by atoms with van der Waals surface area (Å²) in [4.78, 5) is 15.5. The second-order valence-electron chi connectivity index (χ2n) is 15.1. The minimum Gasteiger partial charge on any atom is -0.455 e. The molecule has 4 nitrogen and oxygen atoms in total. The lowest BCUT2D eigenvalue weighted by Gasteiger charge is -2.15. The SMILES string of the molecule is c1ccc(-c2ccc(-c3nc(-c4ccccc4)nc(-c4cccc5oc6c(-c7ccccc7-c7ccccc7)cc(-c7ccccc7-c7ccccc7)cc6c45)n3)cc2)cc1. The summed E-state index contributed by atoms with van der Waals surface area (Å²) in [6.45, 7) is 0. The average molecular weight is 780 g/mol. The van der Waals surface area contributed by atoms with E-state index in [4.69, 9.17) is 19.4 Å². The van der Waals surface area contributed by atoms with Crippen molar-refractivity contribution in [3.05, 3.63) is 224 Å². The van der Waals surface area contributed by atoms with E-state index in [0.717, 1.165) is 94.3 Å². The van der Waals surface area contributed by atoms with Gasteiger partial charge in [-0.1, -0.05) is 206 Å². The fraction of sp³-hybridized carbons (Fsp3) is 0. The van der Waals surface area contributed by atoms with E-state index in [1.165, 1.54) is 0 Å². The van der Waals surface area contributed by atoms with Crippen LogP contribution in [0.3, 0.4) is 0 Å². The van der Waals surface area contributed by atoms with Crippen molar-refractivity contribution in [3.8, 4) is 89.8 Å². The highest BCUT2D eigenvalue weighted by molar-refractivity contribution is 6.17. The van der Waals surface area contributed by atoms with Crippen LogP contribution in [-0.2, 0) is 0 Å². The molecule has 0 aliphatic carbocycles. The van der Waals surface area contributed by atoms with E-state index in [1.807, 2.05) is 48.5 Å². The van der Waals surface area contributed by atoms with Gasteiger partial charge in [0.2, 0.25) is 0 Å². The smallest absolute Gasteiger partial charge is 0.164 e. The number of furan rings is 1. The second-order valence-corrected chi connectivity index (χ2v) is 15.1. The minimum absolute atomic E-state index is 0.575. The van der Waals surface area contributed by atoms with E-state index in [1.54, 1.807) is 0 Å². The lowest BCUT2D eigenvalue weighted by molar-refractivity contribution is 0.670. The van der Waals surface area contributed by atoms with Crippen molar-refractivity contribution < 1.29 is 4.42 Å². The van der Waals surface area contributed by atoms with Gasteiger partial charge in [-0.3, -0.25) is 0 Å². The molecule has 0 fully saturated rings. The molecule has 0 N–H and O–H groups in total. The molecule has 0 amide bonds. The molecule has 0 radical (unpaired) electrons. The molecule has 0 atom stereocenters. The van der Waals surface area contributed by atoms with Gasteiger partial charge in [0.1, 0.15) is 11.2 Å². The first-order valence-electron chi connectivity index (χ1n) is 20.5. The van der Waals surface area contributed by atoms with Gasteiger partial charge in [0.15, 0.2) is 17.5 Å². The normalized spacial score (nSPS) is 11.3. The summed E-state index contributed by atoms with van der Waals surface area (Å²) in [6, 6.07) is 78.1. The Morgan fingerprint density at radius 1 is 0.262 bits per heavy atom. The van der Waals surface area contributed by atoms with Crippen LogP contribution < -0.4 is 0 Å². The van der Waals surface area contributed by atoms with E-state index in [2.05, 4.69) is 176 Å². The summed E-state index contributed by atoms with van der Waals surface area (Å²) < 4.78 is 7.01. The maximum Gasteiger partial charge on any atom is 0.164 e. The third-order valence-electron chi connectivity index (χ3n) is 11.4. The number of rotatable bonds is 8. The van der Waals surface area contributed by atoms with Gasteiger partial charge in [-0.2, -0.15) is 0 Å². The van der Waals surface area contributed by atoms with Gasteiger partial charge in [0.05, 0.1) is 0 Å². The molecule has 0 saturated carbocycles. The summed E-state index contributed by atoms with van der Waals surface area (Å²) in [5.41, 5.74) is 15.4. The molecule has 0 bridgehead atoms. The van der Waals surface area contributed by atoms with Gasteiger partial charge in [-0.15, -0.1) is 0 Å². The lowest BCUT2D eigenvalue weighted by atomic mass is 9.88. The number of nitrogens with zero attached hydrogens (tertiary/aromatic N) is 3. The van der Waals surface area contributed by atoms with Gasteiger partial charge in [-0.25, -0.2) is 15.0 Å². The van der Waals surface area contributed by atoms with Crippen LogP contribution in [0.2, 0.25) is 0 Å². The van der Waals surface area contributed by atoms with E-state index >= 15 is 0 Å². The van der Waals surface area contributed by atoms with E-state index in [9.17, 15) is 0 Å². The standard InChI is InChI=1S/C57H37N3O/c1-5-18-38(19-6-1)39-32-34-43(35-33-39)56-58-55(42-24-11-4-12-25-42)59-57(60-56)49-30-17-31-52-53(49)51-37-44(47-28-14-13-26-45(47)40-20-7-2-8-21-40)36-50(54(51)61-52)48-29-16-15-27-46(48)41-22-9-3-10-23-41/h1-37H. The van der Waals surface area contributed by atoms with Crippen LogP contribution >= 0.6 is 0 Å². The first-order chi connectivity index (χ1) is 30.2. The Bertz CT molecular complexity index is 3320. The number of hydrogen-bond acceptors (Lipinski definition) is 4. The number of fused-ring (bicyclic) bond motifs is 3. The zero-order chi connectivity index (χ0) is 40.5. The third kappa shape index (κ3) is 6.76. The fourth-order valence-electron chi connectivity index (χ4n) is 8.45. The van der Waals surface area contributed by atoms with Gasteiger partial charge in [-0.05, 0) is 68.3 Å². The largest absolute Gasteiger partial charge is 0.455 e. The first kappa shape index (κ1) is 35.9. The molecule has 286 valence electrons. The number of aromatic nitrogens is 3. The lowest BCUT2D eigenvalue weighted by Crippen LogP contribution is -2.00. The highest BCUT2D eigenvalue weighted by Gasteiger charge is 2.23. The third-order valence-corrected chi connectivity index (χ3v) is 11.4. The summed E-state index contributed by atoms with van der Waals surface area (Å²) in [7, 11) is 0. The summed E-state index contributed by atoms with van der Waals surface area (Å²) in [5, 5.41) is 1.94. The molecule has 0 spiro atoms. The molecule has 9 aromatic carbocycles. The molecule has 2 aromatic heterocycles. The summed E-state index contributed by atoms with van der Waals surface area (Å²) in [6.07, 6.45) is 0. The Morgan fingerprint density at radius 3 is 1.26 bits per heavy atom. The molecule has 0 aliphatic rings. The Hall–Kier alpha value is -8.21. The predicted molar refractivity (Wildman–Crippen MR) is 251 cm³/mol. The molecule has 11 rings (SSSR count). The van der Waals surface area contributed by atoms with Crippen molar-refractivity contribution in [1.29, 1.82) is 0 Å². The molecule has 0 aliphatic heterocycles. The molecule has 0 unspecified atom stereocenters. The maximum absolute atomic E-state index is 7.01. The van der Waals surface area contributed by atoms with Crippen molar-refractivity contribution in [2.24, 2.45) is 0 Å². The first-order valence-corrected chi connectivity index (χ1v) is 20.5. The summed E-state index contributed by atoms with van der Waals surface area (Å²) in [5.74, 6) is 1.78. The fourth-order valence-corrected chi connectivity index (χ4v) is 8.45. The van der Waals surface area contributed by atoms with Gasteiger partial charge in [0.25, 0.3) is 0 Å². The Labute approximate surface area is 354 Å². The van der Waals surface area contributed by atoms with E-state index < -0.39 is 0 Å². The molecular weight excluding hydrogens is 743 g/mol. The predicted octanol–water partition coefficient (Wildman–Crippen LogP) is 15.1. The van der Waals surface area contributed by atoms with Crippen LogP contribution in [0.5, 0.6) is 0 Å². The monoisotopic (exact) mass is 779 g/mol. The second kappa shape index (κ2) is 15.5. The highest BCUT2D eigenvalue weighted by Crippen LogP contribution is 2.46. The van der Waals surface area contributed by atoms with Crippen LogP contribution in [0.4, 0.5) is 0 Å². The van der Waals surface area contributed by atoms with Gasteiger partial charge < -0.3 is 4.42 Å². The Balaban J connectivity index is 1.17. The Morgan fingerprint density at radius 2 is 0.672 bits per heavy atom. The highest BCUT2D eigenvalue weighted by atomic mass is 16.3. The molecule has 11 aromatic rings. The van der Waals surface area contributed by atoms with Crippen molar-refractivity contribution in [1.82, 2.24) is 15.0 Å². The van der Waals surface area contributed by atoms with Crippen LogP contribution in [0.1, 0.15) is 0 Å². The maximum atomic E-state index is 7.01. The quantitative estimate of drug-likeness (QED) is 0.154. The number of benzene rings is 9. The zero-order valence-electron chi connectivity index (χ0n) is 33.1. The van der Waals surface area contributed by atoms with E-state index in [0.29, 0.717) is 17.5 Å². The van der Waals surface area contributed by atoms with Crippen molar-refractivity contribution in [2.45, 2.75) is 0 Å². The van der Waals surface area contributed by atoms with E-state index in [-0.39, 0.29) is 0 Å². The molecule has 0 saturated heterocycles. The molecular formula is C57H37N3O. The Kier molecular flexibility index (Phi) is 9.14. The average Bonchev–Trinajstić information content (AvgIpc) is 3.74. The van der Waals surface area contributed by atoms with Gasteiger partial charge in [0, 0.05) is 33.0 Å².